The van der Waals surface area contributed by atoms with Crippen LogP contribution in [0.15, 0.2) is 12.1 Å². The largest absolute Gasteiger partial charge is 0.508 e. The number of rotatable bonds is 1. The van der Waals surface area contributed by atoms with E-state index in [1.165, 1.54) is 11.1 Å². The third kappa shape index (κ3) is 1.63. The summed E-state index contributed by atoms with van der Waals surface area (Å²) in [7, 11) is 0. The fraction of sp³-hybridized carbons (Fsp3) is 0.538. The number of hydrogen-bond acceptors (Lipinski definition) is 2. The first-order valence-electron chi connectivity index (χ1n) is 5.53. The van der Waals surface area contributed by atoms with Crippen LogP contribution in [-0.2, 0) is 11.8 Å². The minimum atomic E-state index is -0.105. The second kappa shape index (κ2) is 3.24. The first-order chi connectivity index (χ1) is 6.92. The zero-order valence-electron chi connectivity index (χ0n) is 9.67. The van der Waals surface area contributed by atoms with Crippen LogP contribution in [0.25, 0.3) is 0 Å². The molecular formula is C13H19NO. The summed E-state index contributed by atoms with van der Waals surface area (Å²) in [5, 5.41) is 9.84. The number of hydrogen-bond donors (Lipinski definition) is 2. The van der Waals surface area contributed by atoms with Crippen LogP contribution in [0.1, 0.15) is 49.9 Å². The van der Waals surface area contributed by atoms with Crippen LogP contribution in [0.4, 0.5) is 0 Å². The molecule has 3 N–H and O–H groups in total. The van der Waals surface area contributed by atoms with E-state index in [4.69, 9.17) is 5.73 Å². The highest BCUT2D eigenvalue weighted by molar-refractivity contribution is 5.48. The molecule has 2 heteroatoms. The van der Waals surface area contributed by atoms with Crippen LogP contribution in [0.2, 0.25) is 0 Å². The molecule has 0 aromatic heterocycles. The smallest absolute Gasteiger partial charge is 0.120 e. The SMILES string of the molecule is CC(N)c1cc2c(cc1O)CCC2(C)C. The molecule has 1 aliphatic rings. The normalized spacial score (nSPS) is 20.0. The first kappa shape index (κ1) is 10.5. The lowest BCUT2D eigenvalue weighted by Gasteiger charge is -2.20. The van der Waals surface area contributed by atoms with Crippen molar-refractivity contribution >= 4 is 0 Å². The van der Waals surface area contributed by atoms with Gasteiger partial charge >= 0.3 is 0 Å². The van der Waals surface area contributed by atoms with Crippen molar-refractivity contribution < 1.29 is 5.11 Å². The third-order valence-electron chi connectivity index (χ3n) is 3.49. The van der Waals surface area contributed by atoms with Crippen molar-refractivity contribution in [1.29, 1.82) is 0 Å². The van der Waals surface area contributed by atoms with E-state index in [1.807, 2.05) is 13.0 Å². The molecule has 1 aromatic rings. The maximum atomic E-state index is 9.84. The Morgan fingerprint density at radius 2 is 2.07 bits per heavy atom. The van der Waals surface area contributed by atoms with Crippen LogP contribution in [0, 0.1) is 0 Å². The summed E-state index contributed by atoms with van der Waals surface area (Å²) in [5.74, 6) is 0.349. The van der Waals surface area contributed by atoms with Crippen LogP contribution in [-0.4, -0.2) is 5.11 Å². The molecule has 0 saturated carbocycles. The van der Waals surface area contributed by atoms with Gasteiger partial charge in [-0.05, 0) is 48.4 Å². The molecule has 0 spiro atoms. The molecule has 0 aliphatic heterocycles. The molecular weight excluding hydrogens is 186 g/mol. The summed E-state index contributed by atoms with van der Waals surface area (Å²) in [4.78, 5) is 0. The zero-order valence-corrected chi connectivity index (χ0v) is 9.67. The molecule has 0 radical (unpaired) electrons. The van der Waals surface area contributed by atoms with E-state index >= 15 is 0 Å². The first-order valence-corrected chi connectivity index (χ1v) is 5.53. The highest BCUT2D eigenvalue weighted by Gasteiger charge is 2.30. The van der Waals surface area contributed by atoms with Crippen molar-refractivity contribution in [1.82, 2.24) is 0 Å². The van der Waals surface area contributed by atoms with Crippen molar-refractivity contribution in [3.05, 3.63) is 28.8 Å². The Morgan fingerprint density at radius 3 is 2.67 bits per heavy atom. The number of aromatic hydroxyl groups is 1. The molecule has 1 unspecified atom stereocenters. The highest BCUT2D eigenvalue weighted by Crippen LogP contribution is 2.41. The minimum Gasteiger partial charge on any atom is -0.508 e. The summed E-state index contributed by atoms with van der Waals surface area (Å²) >= 11 is 0. The van der Waals surface area contributed by atoms with Gasteiger partial charge in [-0.25, -0.2) is 0 Å². The topological polar surface area (TPSA) is 46.2 Å². The lowest BCUT2D eigenvalue weighted by Crippen LogP contribution is -2.13. The lowest BCUT2D eigenvalue weighted by atomic mass is 9.85. The summed E-state index contributed by atoms with van der Waals surface area (Å²) in [6.45, 7) is 6.41. The van der Waals surface area contributed by atoms with Crippen molar-refractivity contribution in [2.45, 2.75) is 45.1 Å². The molecule has 0 fully saturated rings. The van der Waals surface area contributed by atoms with Gasteiger partial charge in [-0.1, -0.05) is 13.8 Å². The molecule has 82 valence electrons. The molecule has 1 aliphatic carbocycles. The predicted molar refractivity (Wildman–Crippen MR) is 62.1 cm³/mol. The summed E-state index contributed by atoms with van der Waals surface area (Å²) < 4.78 is 0. The zero-order chi connectivity index (χ0) is 11.2. The number of aryl methyl sites for hydroxylation is 1. The van der Waals surface area contributed by atoms with Crippen molar-refractivity contribution in [2.75, 3.05) is 0 Å². The van der Waals surface area contributed by atoms with Crippen molar-refractivity contribution in [3.8, 4) is 5.75 Å². The maximum absolute atomic E-state index is 9.84. The maximum Gasteiger partial charge on any atom is 0.120 e. The molecule has 2 rings (SSSR count). The van der Waals surface area contributed by atoms with Gasteiger partial charge in [0, 0.05) is 11.6 Å². The number of fused-ring (bicyclic) bond motifs is 1. The van der Waals surface area contributed by atoms with E-state index in [1.54, 1.807) is 0 Å². The Bertz CT molecular complexity index is 394. The molecule has 1 aromatic carbocycles. The third-order valence-corrected chi connectivity index (χ3v) is 3.49. The fourth-order valence-electron chi connectivity index (χ4n) is 2.43. The molecule has 2 nitrogen and oxygen atoms in total. The second-order valence-electron chi connectivity index (χ2n) is 5.24. The summed E-state index contributed by atoms with van der Waals surface area (Å²) in [6.07, 6.45) is 2.22. The van der Waals surface area contributed by atoms with Gasteiger partial charge < -0.3 is 10.8 Å². The Morgan fingerprint density at radius 1 is 1.40 bits per heavy atom. The van der Waals surface area contributed by atoms with E-state index in [0.717, 1.165) is 18.4 Å². The van der Waals surface area contributed by atoms with Crippen LogP contribution in [0.3, 0.4) is 0 Å². The van der Waals surface area contributed by atoms with E-state index < -0.39 is 0 Å². The van der Waals surface area contributed by atoms with Gasteiger partial charge in [-0.2, -0.15) is 0 Å². The van der Waals surface area contributed by atoms with Gasteiger partial charge in [0.25, 0.3) is 0 Å². The van der Waals surface area contributed by atoms with Crippen molar-refractivity contribution in [2.24, 2.45) is 5.73 Å². The average Bonchev–Trinajstić information content (AvgIpc) is 2.40. The van der Waals surface area contributed by atoms with Gasteiger partial charge in [-0.15, -0.1) is 0 Å². The predicted octanol–water partition coefficient (Wildman–Crippen LogP) is 2.64. The van der Waals surface area contributed by atoms with Crippen LogP contribution >= 0.6 is 0 Å². The van der Waals surface area contributed by atoms with Crippen LogP contribution < -0.4 is 5.73 Å². The van der Waals surface area contributed by atoms with Gasteiger partial charge in [0.15, 0.2) is 0 Å². The molecule has 0 amide bonds. The van der Waals surface area contributed by atoms with Gasteiger partial charge in [0.1, 0.15) is 5.75 Å². The Kier molecular flexibility index (Phi) is 2.27. The van der Waals surface area contributed by atoms with E-state index in [-0.39, 0.29) is 11.5 Å². The molecule has 0 saturated heterocycles. The highest BCUT2D eigenvalue weighted by atomic mass is 16.3. The minimum absolute atomic E-state index is 0.105. The summed E-state index contributed by atoms with van der Waals surface area (Å²) in [5.41, 5.74) is 9.56. The number of phenolic OH excluding ortho intramolecular Hbond substituents is 1. The Balaban J connectivity index is 2.57. The molecule has 0 bridgehead atoms. The molecule has 1 atom stereocenters. The van der Waals surface area contributed by atoms with E-state index in [0.29, 0.717) is 5.75 Å². The van der Waals surface area contributed by atoms with Crippen molar-refractivity contribution in [3.63, 3.8) is 0 Å². The monoisotopic (exact) mass is 205 g/mol. The van der Waals surface area contributed by atoms with Gasteiger partial charge in [0.05, 0.1) is 0 Å². The van der Waals surface area contributed by atoms with Crippen LogP contribution in [0.5, 0.6) is 5.75 Å². The van der Waals surface area contributed by atoms with E-state index in [2.05, 4.69) is 19.9 Å². The Labute approximate surface area is 91.1 Å². The second-order valence-corrected chi connectivity index (χ2v) is 5.24. The lowest BCUT2D eigenvalue weighted by molar-refractivity contribution is 0.462. The fourth-order valence-corrected chi connectivity index (χ4v) is 2.43. The molecule has 15 heavy (non-hydrogen) atoms. The molecule has 0 heterocycles. The number of phenols is 1. The summed E-state index contributed by atoms with van der Waals surface area (Å²) in [6, 6.07) is 3.87. The quantitative estimate of drug-likeness (QED) is 0.740. The van der Waals surface area contributed by atoms with Gasteiger partial charge in [-0.3, -0.25) is 0 Å². The number of benzene rings is 1. The standard InChI is InChI=1S/C13H19NO/c1-8(14)10-7-11-9(6-12(10)15)4-5-13(11,2)3/h6-8,15H,4-5,14H2,1-3H3. The number of nitrogens with two attached hydrogens (primary N) is 1. The van der Waals surface area contributed by atoms with Gasteiger partial charge in [0.2, 0.25) is 0 Å². The average molecular weight is 205 g/mol. The Hall–Kier alpha value is -1.02. The van der Waals surface area contributed by atoms with E-state index in [9.17, 15) is 5.11 Å².